The molecule has 0 aliphatic carbocycles. The van der Waals surface area contributed by atoms with Crippen LogP contribution in [-0.4, -0.2) is 40.1 Å². The molecule has 6 heteroatoms. The monoisotopic (exact) mass is 300 g/mol. The Morgan fingerprint density at radius 1 is 1.32 bits per heavy atom. The highest BCUT2D eigenvalue weighted by atomic mass is 16.2. The molecule has 2 rings (SSSR count). The molecule has 0 spiro atoms. The van der Waals surface area contributed by atoms with Crippen molar-refractivity contribution in [1.82, 2.24) is 14.7 Å². The van der Waals surface area contributed by atoms with Gasteiger partial charge in [0.15, 0.2) is 0 Å². The molecule has 116 valence electrons. The zero-order chi connectivity index (χ0) is 15.9. The number of hydrogen-bond donors (Lipinski definition) is 1. The molecular formula is C16H20N4O2. The van der Waals surface area contributed by atoms with Gasteiger partial charge in [0, 0.05) is 50.7 Å². The van der Waals surface area contributed by atoms with E-state index in [9.17, 15) is 9.59 Å². The van der Waals surface area contributed by atoms with Crippen LogP contribution in [0.1, 0.15) is 23.7 Å². The third-order valence-electron chi connectivity index (χ3n) is 3.22. The average Bonchev–Trinajstić information content (AvgIpc) is 2.99. The van der Waals surface area contributed by atoms with Crippen LogP contribution in [0.25, 0.3) is 0 Å². The van der Waals surface area contributed by atoms with Gasteiger partial charge in [-0.3, -0.25) is 14.3 Å². The van der Waals surface area contributed by atoms with Crippen LogP contribution in [0.5, 0.6) is 0 Å². The van der Waals surface area contributed by atoms with Gasteiger partial charge in [-0.2, -0.15) is 5.10 Å². The number of nitrogens with zero attached hydrogens (tertiary/aromatic N) is 3. The maximum absolute atomic E-state index is 12.4. The lowest BCUT2D eigenvalue weighted by molar-refractivity contribution is -0.114. The highest BCUT2D eigenvalue weighted by Crippen LogP contribution is 2.12. The molecule has 1 aromatic heterocycles. The summed E-state index contributed by atoms with van der Waals surface area (Å²) >= 11 is 0. The van der Waals surface area contributed by atoms with E-state index < -0.39 is 0 Å². The van der Waals surface area contributed by atoms with Crippen LogP contribution in [0.15, 0.2) is 42.7 Å². The van der Waals surface area contributed by atoms with Gasteiger partial charge in [-0.1, -0.05) is 6.07 Å². The molecule has 1 N–H and O–H groups in total. The zero-order valence-corrected chi connectivity index (χ0v) is 12.8. The van der Waals surface area contributed by atoms with Crippen LogP contribution >= 0.6 is 0 Å². The molecule has 0 saturated carbocycles. The van der Waals surface area contributed by atoms with Gasteiger partial charge >= 0.3 is 0 Å². The third-order valence-corrected chi connectivity index (χ3v) is 3.22. The largest absolute Gasteiger partial charge is 0.342 e. The average molecular weight is 300 g/mol. The van der Waals surface area contributed by atoms with Crippen molar-refractivity contribution < 1.29 is 9.59 Å². The van der Waals surface area contributed by atoms with Crippen molar-refractivity contribution in [3.05, 3.63) is 48.3 Å². The van der Waals surface area contributed by atoms with Crippen molar-refractivity contribution in [2.45, 2.75) is 19.9 Å². The van der Waals surface area contributed by atoms with Crippen LogP contribution in [0, 0.1) is 0 Å². The highest BCUT2D eigenvalue weighted by molar-refractivity contribution is 5.96. The smallest absolute Gasteiger partial charge is 0.253 e. The van der Waals surface area contributed by atoms with E-state index in [0.29, 0.717) is 17.8 Å². The van der Waals surface area contributed by atoms with Crippen LogP contribution in [0.3, 0.4) is 0 Å². The SMILES string of the molecule is CC(=O)Nc1cccc(C(=O)N(C)CCCn2cccn2)c1. The maximum atomic E-state index is 12.4. The van der Waals surface area contributed by atoms with Crippen LogP contribution in [0.4, 0.5) is 5.69 Å². The van der Waals surface area contributed by atoms with E-state index in [-0.39, 0.29) is 11.8 Å². The lowest BCUT2D eigenvalue weighted by atomic mass is 10.1. The summed E-state index contributed by atoms with van der Waals surface area (Å²) in [7, 11) is 1.77. The fourth-order valence-corrected chi connectivity index (χ4v) is 2.16. The summed E-state index contributed by atoms with van der Waals surface area (Å²) in [5.74, 6) is -0.218. The number of aryl methyl sites for hydroxylation is 1. The van der Waals surface area contributed by atoms with Crippen molar-refractivity contribution in [2.24, 2.45) is 0 Å². The van der Waals surface area contributed by atoms with Crippen LogP contribution < -0.4 is 5.32 Å². The first-order chi connectivity index (χ1) is 10.6. The number of anilines is 1. The number of amides is 2. The summed E-state index contributed by atoms with van der Waals surface area (Å²) in [6, 6.07) is 8.83. The predicted octanol–water partition coefficient (Wildman–Crippen LogP) is 2.00. The van der Waals surface area contributed by atoms with Gasteiger partial charge in [-0.05, 0) is 30.7 Å². The van der Waals surface area contributed by atoms with E-state index >= 15 is 0 Å². The molecule has 0 fully saturated rings. The Bertz CT molecular complexity index is 637. The second kappa shape index (κ2) is 7.40. The minimum Gasteiger partial charge on any atom is -0.342 e. The van der Waals surface area contributed by atoms with Crippen molar-refractivity contribution in [3.8, 4) is 0 Å². The molecular weight excluding hydrogens is 280 g/mol. The van der Waals surface area contributed by atoms with Crippen molar-refractivity contribution >= 4 is 17.5 Å². The second-order valence-electron chi connectivity index (χ2n) is 5.11. The first kappa shape index (κ1) is 15.8. The Morgan fingerprint density at radius 2 is 2.14 bits per heavy atom. The molecule has 0 aliphatic rings. The van der Waals surface area contributed by atoms with Gasteiger partial charge in [0.25, 0.3) is 5.91 Å². The summed E-state index contributed by atoms with van der Waals surface area (Å²) in [5.41, 5.74) is 1.19. The van der Waals surface area contributed by atoms with Gasteiger partial charge < -0.3 is 10.2 Å². The van der Waals surface area contributed by atoms with E-state index in [0.717, 1.165) is 13.0 Å². The molecule has 22 heavy (non-hydrogen) atoms. The second-order valence-corrected chi connectivity index (χ2v) is 5.11. The predicted molar refractivity (Wildman–Crippen MR) is 84.6 cm³/mol. The number of carbonyl (C=O) groups excluding carboxylic acids is 2. The van der Waals surface area contributed by atoms with Gasteiger partial charge in [0.1, 0.15) is 0 Å². The number of hydrogen-bond acceptors (Lipinski definition) is 3. The van der Waals surface area contributed by atoms with Crippen LogP contribution in [-0.2, 0) is 11.3 Å². The van der Waals surface area contributed by atoms with E-state index in [1.807, 2.05) is 16.9 Å². The molecule has 0 bridgehead atoms. The molecule has 2 aromatic rings. The molecule has 0 aliphatic heterocycles. The molecule has 0 atom stereocenters. The van der Waals surface area contributed by atoms with Gasteiger partial charge in [0.05, 0.1) is 0 Å². The molecule has 6 nitrogen and oxygen atoms in total. The third kappa shape index (κ3) is 4.44. The van der Waals surface area contributed by atoms with E-state index in [1.54, 1.807) is 42.4 Å². The van der Waals surface area contributed by atoms with E-state index in [1.165, 1.54) is 6.92 Å². The van der Waals surface area contributed by atoms with E-state index in [4.69, 9.17) is 0 Å². The van der Waals surface area contributed by atoms with E-state index in [2.05, 4.69) is 10.4 Å². The minimum absolute atomic E-state index is 0.0623. The molecule has 0 unspecified atom stereocenters. The number of aromatic nitrogens is 2. The number of rotatable bonds is 6. The van der Waals surface area contributed by atoms with Gasteiger partial charge in [0.2, 0.25) is 5.91 Å². The topological polar surface area (TPSA) is 67.2 Å². The van der Waals surface area contributed by atoms with Crippen molar-refractivity contribution in [3.63, 3.8) is 0 Å². The standard InChI is InChI=1S/C16H20N4O2/c1-13(21)18-15-7-3-6-14(12-15)16(22)19(2)9-5-11-20-10-4-8-17-20/h3-4,6-8,10,12H,5,9,11H2,1-2H3,(H,18,21). The minimum atomic E-state index is -0.155. The Hall–Kier alpha value is -2.63. The first-order valence-electron chi connectivity index (χ1n) is 7.17. The van der Waals surface area contributed by atoms with Gasteiger partial charge in [-0.15, -0.1) is 0 Å². The Labute approximate surface area is 129 Å². The molecule has 0 saturated heterocycles. The van der Waals surface area contributed by atoms with Crippen molar-refractivity contribution in [2.75, 3.05) is 18.9 Å². The Kier molecular flexibility index (Phi) is 5.30. The fraction of sp³-hybridized carbons (Fsp3) is 0.312. The molecule has 1 aromatic carbocycles. The summed E-state index contributed by atoms with van der Waals surface area (Å²) in [6.45, 7) is 2.86. The summed E-state index contributed by atoms with van der Waals surface area (Å²) in [6.07, 6.45) is 4.47. The Morgan fingerprint density at radius 3 is 2.82 bits per heavy atom. The summed E-state index contributed by atoms with van der Waals surface area (Å²) in [4.78, 5) is 25.1. The lowest BCUT2D eigenvalue weighted by Gasteiger charge is -2.17. The fourth-order valence-electron chi connectivity index (χ4n) is 2.16. The quantitative estimate of drug-likeness (QED) is 0.887. The zero-order valence-electron chi connectivity index (χ0n) is 12.8. The first-order valence-corrected chi connectivity index (χ1v) is 7.17. The normalized spacial score (nSPS) is 10.3. The Balaban J connectivity index is 1.90. The molecule has 2 amide bonds. The number of nitrogens with one attached hydrogen (secondary N) is 1. The molecule has 1 heterocycles. The highest BCUT2D eigenvalue weighted by Gasteiger charge is 2.12. The van der Waals surface area contributed by atoms with Crippen LogP contribution in [0.2, 0.25) is 0 Å². The number of carbonyl (C=O) groups is 2. The maximum Gasteiger partial charge on any atom is 0.253 e. The number of benzene rings is 1. The van der Waals surface area contributed by atoms with Crippen molar-refractivity contribution in [1.29, 1.82) is 0 Å². The summed E-state index contributed by atoms with van der Waals surface area (Å²) < 4.78 is 1.84. The summed E-state index contributed by atoms with van der Waals surface area (Å²) in [5, 5.41) is 6.81. The van der Waals surface area contributed by atoms with Gasteiger partial charge in [-0.25, -0.2) is 0 Å². The lowest BCUT2D eigenvalue weighted by Crippen LogP contribution is -2.28. The molecule has 0 radical (unpaired) electrons.